The van der Waals surface area contributed by atoms with Gasteiger partial charge in [0, 0.05) is 16.9 Å². The molecule has 0 aliphatic heterocycles. The topological polar surface area (TPSA) is 90.5 Å². The Morgan fingerprint density at radius 3 is 2.61 bits per heavy atom. The SMILES string of the molecule is Cc1nnnn1-c1cc(NC(=O)c2nn(-c3ccc(F)cc3)c3c2CCC3)ccc1F. The maximum atomic E-state index is 14.3. The van der Waals surface area contributed by atoms with Crippen molar-refractivity contribution in [2.75, 3.05) is 5.32 Å². The molecule has 2 aromatic heterocycles. The predicted octanol–water partition coefficient (Wildman–Crippen LogP) is 3.18. The molecule has 1 amide bonds. The van der Waals surface area contributed by atoms with Crippen LogP contribution in [0.4, 0.5) is 14.5 Å². The molecule has 10 heteroatoms. The van der Waals surface area contributed by atoms with Gasteiger partial charge in [-0.05, 0) is 79.1 Å². The van der Waals surface area contributed by atoms with Crippen molar-refractivity contribution < 1.29 is 13.6 Å². The minimum absolute atomic E-state index is 0.127. The molecular weight excluding hydrogens is 404 g/mol. The fraction of sp³-hybridized carbons (Fsp3) is 0.190. The summed E-state index contributed by atoms with van der Waals surface area (Å²) in [5, 5.41) is 18.4. The standard InChI is InChI=1S/C21H17F2N7O/c1-12-25-27-28-29(12)19-11-14(7-10-17(19)23)24-21(31)20-16-3-2-4-18(16)30(26-20)15-8-5-13(22)6-9-15/h5-11H,2-4H2,1H3,(H,24,31). The lowest BCUT2D eigenvalue weighted by atomic mass is 10.2. The average Bonchev–Trinajstić information content (AvgIpc) is 3.47. The van der Waals surface area contributed by atoms with Crippen LogP contribution in [0.2, 0.25) is 0 Å². The maximum Gasteiger partial charge on any atom is 0.276 e. The molecule has 0 saturated heterocycles. The number of hydrogen-bond acceptors (Lipinski definition) is 5. The number of halogens is 2. The highest BCUT2D eigenvalue weighted by molar-refractivity contribution is 6.04. The van der Waals surface area contributed by atoms with E-state index in [1.807, 2.05) is 0 Å². The first-order valence-corrected chi connectivity index (χ1v) is 9.74. The summed E-state index contributed by atoms with van der Waals surface area (Å²) in [6, 6.07) is 10.2. The van der Waals surface area contributed by atoms with E-state index in [1.165, 1.54) is 35.0 Å². The number of aromatic nitrogens is 6. The third-order valence-electron chi connectivity index (χ3n) is 5.27. The lowest BCUT2D eigenvalue weighted by Crippen LogP contribution is -2.15. The molecule has 8 nitrogen and oxygen atoms in total. The van der Waals surface area contributed by atoms with Gasteiger partial charge in [0.25, 0.3) is 5.91 Å². The number of amides is 1. The van der Waals surface area contributed by atoms with Crippen molar-refractivity contribution >= 4 is 11.6 Å². The van der Waals surface area contributed by atoms with Crippen molar-refractivity contribution in [2.24, 2.45) is 0 Å². The van der Waals surface area contributed by atoms with Crippen molar-refractivity contribution in [1.82, 2.24) is 30.0 Å². The van der Waals surface area contributed by atoms with Crippen molar-refractivity contribution in [3.8, 4) is 11.4 Å². The zero-order chi connectivity index (χ0) is 21.5. The summed E-state index contributed by atoms with van der Waals surface area (Å²) in [5.41, 5.74) is 3.33. The van der Waals surface area contributed by atoms with Crippen LogP contribution in [0.15, 0.2) is 42.5 Å². The van der Waals surface area contributed by atoms with Gasteiger partial charge < -0.3 is 5.32 Å². The van der Waals surface area contributed by atoms with Crippen LogP contribution in [0, 0.1) is 18.6 Å². The van der Waals surface area contributed by atoms with E-state index in [0.717, 1.165) is 30.5 Å². The maximum absolute atomic E-state index is 14.3. The highest BCUT2D eigenvalue weighted by atomic mass is 19.1. The van der Waals surface area contributed by atoms with Gasteiger partial charge in [0.15, 0.2) is 11.5 Å². The molecular formula is C21H17F2N7O. The van der Waals surface area contributed by atoms with Crippen molar-refractivity contribution in [1.29, 1.82) is 0 Å². The largest absolute Gasteiger partial charge is 0.321 e. The zero-order valence-corrected chi connectivity index (χ0v) is 16.5. The van der Waals surface area contributed by atoms with Crippen LogP contribution in [-0.2, 0) is 12.8 Å². The molecule has 156 valence electrons. The van der Waals surface area contributed by atoms with Crippen molar-refractivity contribution in [3.05, 3.63) is 76.9 Å². The van der Waals surface area contributed by atoms with Crippen LogP contribution in [0.3, 0.4) is 0 Å². The Bertz CT molecular complexity index is 1290. The van der Waals surface area contributed by atoms with Crippen LogP contribution in [0.25, 0.3) is 11.4 Å². The van der Waals surface area contributed by atoms with Gasteiger partial charge in [-0.3, -0.25) is 4.79 Å². The number of aryl methyl sites for hydroxylation is 1. The third kappa shape index (κ3) is 3.35. The highest BCUT2D eigenvalue weighted by Crippen LogP contribution is 2.29. The van der Waals surface area contributed by atoms with Gasteiger partial charge in [0.2, 0.25) is 0 Å². The summed E-state index contributed by atoms with van der Waals surface area (Å²) in [7, 11) is 0. The molecule has 0 spiro atoms. The van der Waals surface area contributed by atoms with Crippen LogP contribution in [-0.4, -0.2) is 35.9 Å². The molecule has 2 heterocycles. The predicted molar refractivity (Wildman–Crippen MR) is 107 cm³/mol. The molecule has 2 aromatic carbocycles. The Labute approximate surface area is 175 Å². The first-order valence-electron chi connectivity index (χ1n) is 9.74. The molecule has 1 aliphatic carbocycles. The van der Waals surface area contributed by atoms with E-state index in [0.29, 0.717) is 22.9 Å². The number of tetrazole rings is 1. The Hall–Kier alpha value is -3.95. The van der Waals surface area contributed by atoms with Gasteiger partial charge in [0.1, 0.15) is 17.3 Å². The van der Waals surface area contributed by atoms with Gasteiger partial charge >= 0.3 is 0 Å². The van der Waals surface area contributed by atoms with E-state index in [1.54, 1.807) is 23.7 Å². The van der Waals surface area contributed by atoms with Gasteiger partial charge in [-0.2, -0.15) is 9.78 Å². The Morgan fingerprint density at radius 2 is 1.87 bits per heavy atom. The first-order chi connectivity index (χ1) is 15.0. The Balaban J connectivity index is 1.47. The number of carbonyl (C=O) groups excluding carboxylic acids is 1. The smallest absolute Gasteiger partial charge is 0.276 e. The van der Waals surface area contributed by atoms with E-state index in [9.17, 15) is 13.6 Å². The number of hydrogen-bond donors (Lipinski definition) is 1. The van der Waals surface area contributed by atoms with Gasteiger partial charge in [-0.1, -0.05) is 0 Å². The van der Waals surface area contributed by atoms with E-state index in [4.69, 9.17) is 0 Å². The average molecular weight is 421 g/mol. The molecule has 5 rings (SSSR count). The second-order valence-electron chi connectivity index (χ2n) is 7.27. The number of rotatable bonds is 4. The van der Waals surface area contributed by atoms with E-state index >= 15 is 0 Å². The fourth-order valence-electron chi connectivity index (χ4n) is 3.81. The van der Waals surface area contributed by atoms with Crippen molar-refractivity contribution in [3.63, 3.8) is 0 Å². The highest BCUT2D eigenvalue weighted by Gasteiger charge is 2.27. The molecule has 0 saturated carbocycles. The van der Waals surface area contributed by atoms with Crippen LogP contribution in [0.5, 0.6) is 0 Å². The fourth-order valence-corrected chi connectivity index (χ4v) is 3.81. The molecule has 0 unspecified atom stereocenters. The molecule has 0 atom stereocenters. The zero-order valence-electron chi connectivity index (χ0n) is 16.5. The van der Waals surface area contributed by atoms with Crippen LogP contribution >= 0.6 is 0 Å². The van der Waals surface area contributed by atoms with Crippen LogP contribution < -0.4 is 5.32 Å². The minimum atomic E-state index is -0.519. The summed E-state index contributed by atoms with van der Waals surface area (Å²) >= 11 is 0. The summed E-state index contributed by atoms with van der Waals surface area (Å²) in [6.45, 7) is 1.65. The van der Waals surface area contributed by atoms with Gasteiger partial charge in [-0.25, -0.2) is 13.5 Å². The monoisotopic (exact) mass is 421 g/mol. The van der Waals surface area contributed by atoms with E-state index in [-0.39, 0.29) is 11.5 Å². The van der Waals surface area contributed by atoms with Gasteiger partial charge in [0.05, 0.1) is 5.69 Å². The van der Waals surface area contributed by atoms with Gasteiger partial charge in [-0.15, -0.1) is 5.10 Å². The summed E-state index contributed by atoms with van der Waals surface area (Å²) in [5.74, 6) is -0.839. The van der Waals surface area contributed by atoms with E-state index < -0.39 is 11.7 Å². The third-order valence-corrected chi connectivity index (χ3v) is 5.27. The molecule has 0 fully saturated rings. The molecule has 0 bridgehead atoms. The number of fused-ring (bicyclic) bond motifs is 1. The number of anilines is 1. The molecule has 1 aliphatic rings. The second-order valence-corrected chi connectivity index (χ2v) is 7.27. The lowest BCUT2D eigenvalue weighted by molar-refractivity contribution is 0.102. The van der Waals surface area contributed by atoms with E-state index in [2.05, 4.69) is 25.9 Å². The normalized spacial score (nSPS) is 12.7. The molecule has 0 radical (unpaired) electrons. The Kier molecular flexibility index (Phi) is 4.54. The lowest BCUT2D eigenvalue weighted by Gasteiger charge is -2.08. The van der Waals surface area contributed by atoms with Crippen LogP contribution in [0.1, 0.15) is 34.0 Å². The molecule has 1 N–H and O–H groups in total. The number of carbonyl (C=O) groups is 1. The number of nitrogens with zero attached hydrogens (tertiary/aromatic N) is 6. The quantitative estimate of drug-likeness (QED) is 0.547. The molecule has 4 aromatic rings. The second kappa shape index (κ2) is 7.38. The van der Waals surface area contributed by atoms with Crippen molar-refractivity contribution in [2.45, 2.75) is 26.2 Å². The summed E-state index contributed by atoms with van der Waals surface area (Å²) in [4.78, 5) is 13.0. The Morgan fingerprint density at radius 1 is 1.06 bits per heavy atom. The minimum Gasteiger partial charge on any atom is -0.321 e. The number of nitrogens with one attached hydrogen (secondary N) is 1. The first kappa shape index (κ1) is 19.0. The number of benzene rings is 2. The summed E-state index contributed by atoms with van der Waals surface area (Å²) < 4.78 is 30.6. The summed E-state index contributed by atoms with van der Waals surface area (Å²) in [6.07, 6.45) is 2.43. The molecule has 31 heavy (non-hydrogen) atoms.